The van der Waals surface area contributed by atoms with Crippen molar-refractivity contribution in [3.8, 4) is 17.1 Å². The molecule has 0 atom stereocenters. The average molecular weight is 379 g/mol. The molecule has 136 valence electrons. The average Bonchev–Trinajstić information content (AvgIpc) is 3.17. The van der Waals surface area contributed by atoms with Crippen LogP contribution in [0.2, 0.25) is 5.02 Å². The molecule has 3 heterocycles. The number of ether oxygens (including phenoxy) is 1. The van der Waals surface area contributed by atoms with E-state index in [1.165, 1.54) is 5.57 Å². The fourth-order valence-electron chi connectivity index (χ4n) is 3.18. The number of allylic oxidation sites excluding steroid dienone is 1. The van der Waals surface area contributed by atoms with Crippen molar-refractivity contribution in [2.24, 2.45) is 4.99 Å². The Labute approximate surface area is 163 Å². The molecular weight excluding hydrogens is 360 g/mol. The molecule has 2 aromatic heterocycles. The summed E-state index contributed by atoms with van der Waals surface area (Å²) >= 11 is 6.23. The third kappa shape index (κ3) is 3.81. The van der Waals surface area contributed by atoms with E-state index < -0.39 is 0 Å². The van der Waals surface area contributed by atoms with Crippen LogP contribution in [0.3, 0.4) is 0 Å². The van der Waals surface area contributed by atoms with Gasteiger partial charge in [0.2, 0.25) is 0 Å². The highest BCUT2D eigenvalue weighted by atomic mass is 35.5. The Morgan fingerprint density at radius 2 is 2.07 bits per heavy atom. The zero-order valence-electron chi connectivity index (χ0n) is 15.0. The smallest absolute Gasteiger partial charge is 0.137 e. The molecule has 27 heavy (non-hydrogen) atoms. The van der Waals surface area contributed by atoms with Gasteiger partial charge in [0, 0.05) is 30.1 Å². The monoisotopic (exact) mass is 378 g/mol. The van der Waals surface area contributed by atoms with E-state index in [0.717, 1.165) is 47.7 Å². The Morgan fingerprint density at radius 3 is 2.85 bits per heavy atom. The fraction of sp³-hybridized carbons (Fsp3) is 0.182. The van der Waals surface area contributed by atoms with Crippen LogP contribution in [0.1, 0.15) is 24.2 Å². The van der Waals surface area contributed by atoms with Gasteiger partial charge in [0.1, 0.15) is 17.3 Å². The van der Waals surface area contributed by atoms with Crippen LogP contribution >= 0.6 is 11.6 Å². The molecule has 0 spiro atoms. The Morgan fingerprint density at radius 1 is 1.15 bits per heavy atom. The van der Waals surface area contributed by atoms with Crippen molar-refractivity contribution < 1.29 is 9.15 Å². The zero-order valence-corrected chi connectivity index (χ0v) is 15.7. The summed E-state index contributed by atoms with van der Waals surface area (Å²) in [6, 6.07) is 13.5. The standard InChI is InChI=1S/C22H19ClN2O2/c1-26-21-8-6-15(13-19(21)23)20-9-7-18(27-20)12-16-4-3-11-25-22(16)17-5-2-10-24-14-17/h2,5-10,12-14H,3-4,11H2,1H3/b16-12+. The predicted octanol–water partition coefficient (Wildman–Crippen LogP) is 5.67. The number of aliphatic imine (C=N–C) groups is 1. The largest absolute Gasteiger partial charge is 0.495 e. The third-order valence-corrected chi connectivity index (χ3v) is 4.79. The van der Waals surface area contributed by atoms with Crippen LogP contribution in [-0.2, 0) is 0 Å². The van der Waals surface area contributed by atoms with Gasteiger partial charge in [-0.05, 0) is 67.0 Å². The Bertz CT molecular complexity index is 1010. The number of aromatic nitrogens is 1. The molecule has 0 fully saturated rings. The first-order valence-electron chi connectivity index (χ1n) is 8.84. The first-order chi connectivity index (χ1) is 13.2. The molecule has 4 nitrogen and oxygen atoms in total. The number of nitrogens with zero attached hydrogens (tertiary/aromatic N) is 2. The summed E-state index contributed by atoms with van der Waals surface area (Å²) in [7, 11) is 1.60. The number of rotatable bonds is 4. The van der Waals surface area contributed by atoms with E-state index in [4.69, 9.17) is 25.7 Å². The van der Waals surface area contributed by atoms with E-state index >= 15 is 0 Å². The van der Waals surface area contributed by atoms with E-state index in [1.807, 2.05) is 48.7 Å². The molecule has 1 aliphatic heterocycles. The van der Waals surface area contributed by atoms with Crippen LogP contribution < -0.4 is 4.74 Å². The normalized spacial score (nSPS) is 15.6. The van der Waals surface area contributed by atoms with Crippen LogP contribution in [0.4, 0.5) is 0 Å². The van der Waals surface area contributed by atoms with Gasteiger partial charge in [0.05, 0.1) is 17.8 Å². The van der Waals surface area contributed by atoms with Gasteiger partial charge in [-0.2, -0.15) is 0 Å². The SMILES string of the molecule is COc1ccc(-c2ccc(/C=C3\CCCN=C3c3cccnc3)o2)cc1Cl. The Balaban J connectivity index is 1.64. The van der Waals surface area contributed by atoms with Gasteiger partial charge >= 0.3 is 0 Å². The molecule has 3 aromatic rings. The highest BCUT2D eigenvalue weighted by Crippen LogP contribution is 2.32. The minimum Gasteiger partial charge on any atom is -0.495 e. The molecule has 4 rings (SSSR count). The predicted molar refractivity (Wildman–Crippen MR) is 109 cm³/mol. The van der Waals surface area contributed by atoms with Gasteiger partial charge in [0.25, 0.3) is 0 Å². The molecule has 1 aromatic carbocycles. The lowest BCUT2D eigenvalue weighted by Gasteiger charge is -2.15. The molecule has 0 radical (unpaired) electrons. The highest BCUT2D eigenvalue weighted by molar-refractivity contribution is 6.32. The number of pyridine rings is 1. The summed E-state index contributed by atoms with van der Waals surface area (Å²) in [5, 5.41) is 0.560. The number of furan rings is 1. The fourth-order valence-corrected chi connectivity index (χ4v) is 3.43. The molecule has 0 aliphatic carbocycles. The first-order valence-corrected chi connectivity index (χ1v) is 9.22. The maximum Gasteiger partial charge on any atom is 0.137 e. The van der Waals surface area contributed by atoms with Crippen molar-refractivity contribution in [3.05, 3.63) is 76.8 Å². The van der Waals surface area contributed by atoms with Crippen molar-refractivity contribution >= 4 is 23.4 Å². The minimum atomic E-state index is 0.560. The van der Waals surface area contributed by atoms with E-state index in [1.54, 1.807) is 13.3 Å². The lowest BCUT2D eigenvalue weighted by atomic mass is 9.96. The Hall–Kier alpha value is -2.85. The second-order valence-electron chi connectivity index (χ2n) is 6.30. The number of hydrogen-bond donors (Lipinski definition) is 0. The van der Waals surface area contributed by atoms with E-state index in [0.29, 0.717) is 10.8 Å². The van der Waals surface area contributed by atoms with Gasteiger partial charge in [0.15, 0.2) is 0 Å². The van der Waals surface area contributed by atoms with Crippen molar-refractivity contribution in [2.75, 3.05) is 13.7 Å². The van der Waals surface area contributed by atoms with Crippen molar-refractivity contribution in [1.29, 1.82) is 0 Å². The van der Waals surface area contributed by atoms with E-state index in [-0.39, 0.29) is 0 Å². The summed E-state index contributed by atoms with van der Waals surface area (Å²) in [6.45, 7) is 0.843. The van der Waals surface area contributed by atoms with Crippen molar-refractivity contribution in [3.63, 3.8) is 0 Å². The summed E-state index contributed by atoms with van der Waals surface area (Å²) in [6.07, 6.45) is 7.70. The quantitative estimate of drug-likeness (QED) is 0.587. The number of benzene rings is 1. The lowest BCUT2D eigenvalue weighted by Crippen LogP contribution is -2.11. The maximum atomic E-state index is 6.23. The zero-order chi connectivity index (χ0) is 18.6. The van der Waals surface area contributed by atoms with Crippen molar-refractivity contribution in [2.45, 2.75) is 12.8 Å². The summed E-state index contributed by atoms with van der Waals surface area (Å²) in [5.74, 6) is 2.21. The Kier molecular flexibility index (Phi) is 5.07. The summed E-state index contributed by atoms with van der Waals surface area (Å²) < 4.78 is 11.2. The molecule has 0 saturated heterocycles. The first kappa shape index (κ1) is 17.6. The minimum absolute atomic E-state index is 0.560. The molecule has 0 amide bonds. The number of halogens is 1. The topological polar surface area (TPSA) is 47.6 Å². The van der Waals surface area contributed by atoms with Crippen LogP contribution in [-0.4, -0.2) is 24.4 Å². The molecule has 1 aliphatic rings. The molecule has 0 bridgehead atoms. The summed E-state index contributed by atoms with van der Waals surface area (Å²) in [5.41, 5.74) is 4.12. The molecular formula is C22H19ClN2O2. The van der Waals surface area contributed by atoms with Crippen LogP contribution in [0.5, 0.6) is 5.75 Å². The molecule has 5 heteroatoms. The number of methoxy groups -OCH3 is 1. The third-order valence-electron chi connectivity index (χ3n) is 4.49. The van der Waals surface area contributed by atoms with Gasteiger partial charge in [-0.25, -0.2) is 0 Å². The van der Waals surface area contributed by atoms with Gasteiger partial charge in [-0.3, -0.25) is 9.98 Å². The molecule has 0 unspecified atom stereocenters. The van der Waals surface area contributed by atoms with Crippen molar-refractivity contribution in [1.82, 2.24) is 4.98 Å². The van der Waals surface area contributed by atoms with Crippen LogP contribution in [0.25, 0.3) is 17.4 Å². The highest BCUT2D eigenvalue weighted by Gasteiger charge is 2.15. The lowest BCUT2D eigenvalue weighted by molar-refractivity contribution is 0.415. The molecule has 0 N–H and O–H groups in total. The maximum absolute atomic E-state index is 6.23. The number of hydrogen-bond acceptors (Lipinski definition) is 4. The second kappa shape index (κ2) is 7.80. The van der Waals surface area contributed by atoms with Gasteiger partial charge in [-0.1, -0.05) is 11.6 Å². The second-order valence-corrected chi connectivity index (χ2v) is 6.70. The van der Waals surface area contributed by atoms with Crippen LogP contribution in [0.15, 0.2) is 69.8 Å². The summed E-state index contributed by atoms with van der Waals surface area (Å²) in [4.78, 5) is 8.92. The van der Waals surface area contributed by atoms with Crippen LogP contribution in [0, 0.1) is 0 Å². The van der Waals surface area contributed by atoms with Gasteiger partial charge < -0.3 is 9.15 Å². The van der Waals surface area contributed by atoms with E-state index in [2.05, 4.69) is 11.1 Å². The van der Waals surface area contributed by atoms with E-state index in [9.17, 15) is 0 Å². The van der Waals surface area contributed by atoms with Gasteiger partial charge in [-0.15, -0.1) is 0 Å². The molecule has 0 saturated carbocycles.